The van der Waals surface area contributed by atoms with Crippen molar-refractivity contribution in [2.75, 3.05) is 5.43 Å². The molecule has 2 rings (SSSR count). The molecule has 0 unspecified atom stereocenters. The van der Waals surface area contributed by atoms with Gasteiger partial charge in [-0.1, -0.05) is 20.8 Å². The molecule has 0 spiro atoms. The van der Waals surface area contributed by atoms with E-state index in [0.717, 1.165) is 15.0 Å². The Bertz CT molecular complexity index is 559. The molecule has 0 bridgehead atoms. The second-order valence-electron chi connectivity index (χ2n) is 4.95. The molecule has 6 heteroatoms. The number of thiophene rings is 1. The van der Waals surface area contributed by atoms with E-state index in [9.17, 15) is 0 Å². The number of nitrogen functional groups attached to an aromatic ring is 1. The normalized spacial score (nSPS) is 11.6. The Hall–Kier alpha value is -0.980. The Morgan fingerprint density at radius 3 is 2.56 bits per heavy atom. The van der Waals surface area contributed by atoms with Gasteiger partial charge in [-0.2, -0.15) is 0 Å². The summed E-state index contributed by atoms with van der Waals surface area (Å²) in [6, 6.07) is 3.87. The van der Waals surface area contributed by atoms with Crippen LogP contribution in [0.2, 0.25) is 0 Å². The Labute approximate surface area is 119 Å². The van der Waals surface area contributed by atoms with Gasteiger partial charge in [0.1, 0.15) is 5.82 Å². The van der Waals surface area contributed by atoms with E-state index in [2.05, 4.69) is 52.1 Å². The molecule has 18 heavy (non-hydrogen) atoms. The summed E-state index contributed by atoms with van der Waals surface area (Å²) in [6.07, 6.45) is 0. The zero-order valence-electron chi connectivity index (χ0n) is 10.5. The fourth-order valence-corrected chi connectivity index (χ4v) is 2.94. The van der Waals surface area contributed by atoms with E-state index in [1.165, 1.54) is 0 Å². The van der Waals surface area contributed by atoms with Crippen LogP contribution in [-0.2, 0) is 5.41 Å². The first-order valence-corrected chi connectivity index (χ1v) is 7.18. The number of anilines is 1. The molecule has 2 heterocycles. The molecule has 4 nitrogen and oxygen atoms in total. The number of aromatic nitrogens is 2. The standard InChI is InChI=1S/C12H15BrN4S/c1-12(2,3)8-6-9(17-14)16-11(15-8)10-7(13)4-5-18-10/h4-6H,14H2,1-3H3,(H,15,16,17). The molecule has 0 saturated heterocycles. The smallest absolute Gasteiger partial charge is 0.173 e. The largest absolute Gasteiger partial charge is 0.308 e. The van der Waals surface area contributed by atoms with Crippen LogP contribution in [0, 0.1) is 0 Å². The summed E-state index contributed by atoms with van der Waals surface area (Å²) >= 11 is 5.10. The Kier molecular flexibility index (Phi) is 3.70. The molecular formula is C12H15BrN4S. The topological polar surface area (TPSA) is 63.8 Å². The van der Waals surface area contributed by atoms with Gasteiger partial charge < -0.3 is 5.43 Å². The van der Waals surface area contributed by atoms with Crippen LogP contribution in [0.5, 0.6) is 0 Å². The zero-order chi connectivity index (χ0) is 13.3. The van der Waals surface area contributed by atoms with Gasteiger partial charge in [0.15, 0.2) is 5.82 Å². The molecular weight excluding hydrogens is 312 g/mol. The van der Waals surface area contributed by atoms with Gasteiger partial charge in [-0.25, -0.2) is 15.8 Å². The third-order valence-electron chi connectivity index (χ3n) is 2.46. The fourth-order valence-electron chi connectivity index (χ4n) is 1.46. The second kappa shape index (κ2) is 4.95. The molecule has 0 radical (unpaired) electrons. The van der Waals surface area contributed by atoms with Gasteiger partial charge in [-0.05, 0) is 27.4 Å². The predicted molar refractivity (Wildman–Crippen MR) is 79.6 cm³/mol. The zero-order valence-corrected chi connectivity index (χ0v) is 12.9. The van der Waals surface area contributed by atoms with Crippen molar-refractivity contribution in [1.29, 1.82) is 0 Å². The number of hydrogen-bond acceptors (Lipinski definition) is 5. The number of nitrogens with zero attached hydrogens (tertiary/aromatic N) is 2. The van der Waals surface area contributed by atoms with Crippen molar-refractivity contribution in [2.24, 2.45) is 5.84 Å². The highest BCUT2D eigenvalue weighted by Gasteiger charge is 2.19. The van der Waals surface area contributed by atoms with Gasteiger partial charge in [0.2, 0.25) is 0 Å². The van der Waals surface area contributed by atoms with Gasteiger partial charge in [0.25, 0.3) is 0 Å². The highest BCUT2D eigenvalue weighted by Crippen LogP contribution is 2.33. The van der Waals surface area contributed by atoms with Crippen molar-refractivity contribution < 1.29 is 0 Å². The summed E-state index contributed by atoms with van der Waals surface area (Å²) in [5.41, 5.74) is 3.51. The number of hydrogen-bond donors (Lipinski definition) is 2. The molecule has 96 valence electrons. The summed E-state index contributed by atoms with van der Waals surface area (Å²) in [4.78, 5) is 10.0. The third kappa shape index (κ3) is 2.71. The molecule has 3 N–H and O–H groups in total. The summed E-state index contributed by atoms with van der Waals surface area (Å²) in [6.45, 7) is 6.34. The number of hydrazine groups is 1. The summed E-state index contributed by atoms with van der Waals surface area (Å²) in [5, 5.41) is 2.00. The van der Waals surface area contributed by atoms with Crippen LogP contribution >= 0.6 is 27.3 Å². The molecule has 0 amide bonds. The molecule has 0 aliphatic carbocycles. The van der Waals surface area contributed by atoms with Crippen LogP contribution in [0.15, 0.2) is 22.0 Å². The number of nitrogens with two attached hydrogens (primary N) is 1. The molecule has 0 saturated carbocycles. The van der Waals surface area contributed by atoms with Crippen LogP contribution in [0.25, 0.3) is 10.7 Å². The van der Waals surface area contributed by atoms with Crippen molar-refractivity contribution in [3.63, 3.8) is 0 Å². The van der Waals surface area contributed by atoms with E-state index in [4.69, 9.17) is 5.84 Å². The fraction of sp³-hybridized carbons (Fsp3) is 0.333. The lowest BCUT2D eigenvalue weighted by Gasteiger charge is -2.19. The SMILES string of the molecule is CC(C)(C)c1cc(NN)nc(-c2sccc2Br)n1. The van der Waals surface area contributed by atoms with Gasteiger partial charge in [0.05, 0.1) is 10.6 Å². The van der Waals surface area contributed by atoms with Crippen molar-refractivity contribution >= 4 is 33.1 Å². The van der Waals surface area contributed by atoms with Gasteiger partial charge in [0, 0.05) is 16.0 Å². The van der Waals surface area contributed by atoms with E-state index in [0.29, 0.717) is 11.6 Å². The predicted octanol–water partition coefficient (Wildman–Crippen LogP) is 3.55. The molecule has 0 aromatic carbocycles. The van der Waals surface area contributed by atoms with E-state index < -0.39 is 0 Å². The van der Waals surface area contributed by atoms with Crippen LogP contribution in [0.1, 0.15) is 26.5 Å². The van der Waals surface area contributed by atoms with E-state index in [1.807, 2.05) is 17.5 Å². The highest BCUT2D eigenvalue weighted by atomic mass is 79.9. The Morgan fingerprint density at radius 1 is 1.33 bits per heavy atom. The molecule has 0 atom stereocenters. The monoisotopic (exact) mass is 326 g/mol. The van der Waals surface area contributed by atoms with Crippen LogP contribution in [0.3, 0.4) is 0 Å². The highest BCUT2D eigenvalue weighted by molar-refractivity contribution is 9.10. The van der Waals surface area contributed by atoms with E-state index >= 15 is 0 Å². The maximum atomic E-state index is 5.47. The Morgan fingerprint density at radius 2 is 2.06 bits per heavy atom. The van der Waals surface area contributed by atoms with E-state index in [-0.39, 0.29) is 5.41 Å². The minimum Gasteiger partial charge on any atom is -0.308 e. The average Bonchev–Trinajstić information content (AvgIpc) is 2.73. The molecule has 0 fully saturated rings. The van der Waals surface area contributed by atoms with Gasteiger partial charge >= 0.3 is 0 Å². The first-order valence-electron chi connectivity index (χ1n) is 5.51. The van der Waals surface area contributed by atoms with Crippen LogP contribution < -0.4 is 11.3 Å². The molecule has 2 aromatic heterocycles. The quantitative estimate of drug-likeness (QED) is 0.654. The minimum absolute atomic E-state index is 0.0486. The average molecular weight is 327 g/mol. The summed E-state index contributed by atoms with van der Waals surface area (Å²) < 4.78 is 1.00. The van der Waals surface area contributed by atoms with E-state index in [1.54, 1.807) is 11.3 Å². The second-order valence-corrected chi connectivity index (χ2v) is 6.72. The van der Waals surface area contributed by atoms with Crippen molar-refractivity contribution in [3.05, 3.63) is 27.7 Å². The lowest BCUT2D eigenvalue weighted by atomic mass is 9.92. The lowest BCUT2D eigenvalue weighted by Crippen LogP contribution is -2.17. The third-order valence-corrected chi connectivity index (χ3v) is 4.30. The Balaban J connectivity index is 2.58. The van der Waals surface area contributed by atoms with Crippen molar-refractivity contribution in [2.45, 2.75) is 26.2 Å². The van der Waals surface area contributed by atoms with Crippen LogP contribution in [0.4, 0.5) is 5.82 Å². The summed E-state index contributed by atoms with van der Waals surface area (Å²) in [7, 11) is 0. The molecule has 2 aromatic rings. The van der Waals surface area contributed by atoms with Gasteiger partial charge in [-0.3, -0.25) is 0 Å². The van der Waals surface area contributed by atoms with Crippen molar-refractivity contribution in [3.8, 4) is 10.7 Å². The maximum absolute atomic E-state index is 5.47. The molecule has 0 aliphatic rings. The van der Waals surface area contributed by atoms with Crippen molar-refractivity contribution in [1.82, 2.24) is 9.97 Å². The summed E-state index contributed by atoms with van der Waals surface area (Å²) in [5.74, 6) is 6.80. The van der Waals surface area contributed by atoms with Crippen LogP contribution in [-0.4, -0.2) is 9.97 Å². The number of halogens is 1. The minimum atomic E-state index is -0.0486. The lowest BCUT2D eigenvalue weighted by molar-refractivity contribution is 0.568. The number of rotatable bonds is 2. The maximum Gasteiger partial charge on any atom is 0.173 e. The molecule has 0 aliphatic heterocycles. The number of nitrogens with one attached hydrogen (secondary N) is 1. The van der Waals surface area contributed by atoms with Gasteiger partial charge in [-0.15, -0.1) is 11.3 Å². The first kappa shape index (κ1) is 13.5. The first-order chi connectivity index (χ1) is 8.41.